The topological polar surface area (TPSA) is 33.1 Å². The van der Waals surface area contributed by atoms with E-state index in [2.05, 4.69) is 58.4 Å². The van der Waals surface area contributed by atoms with Crippen molar-refractivity contribution in [2.75, 3.05) is 12.4 Å². The second-order valence-corrected chi connectivity index (χ2v) is 6.41. The fourth-order valence-corrected chi connectivity index (χ4v) is 2.72. The lowest BCUT2D eigenvalue weighted by Crippen LogP contribution is -2.31. The first kappa shape index (κ1) is 16.0. The van der Waals surface area contributed by atoms with Gasteiger partial charge in [-0.05, 0) is 53.6 Å². The van der Waals surface area contributed by atoms with Crippen molar-refractivity contribution in [1.82, 2.24) is 14.7 Å². The van der Waals surface area contributed by atoms with Crippen LogP contribution in [0.15, 0.2) is 28.9 Å². The van der Waals surface area contributed by atoms with Gasteiger partial charge in [-0.1, -0.05) is 17.7 Å². The van der Waals surface area contributed by atoms with Crippen LogP contribution in [0.4, 0.5) is 5.69 Å². The number of rotatable bonds is 3. The summed E-state index contributed by atoms with van der Waals surface area (Å²) >= 11 is 8.99. The molecular weight excluding hydrogens is 348 g/mol. The lowest BCUT2D eigenvalue weighted by atomic mass is 10.1. The fraction of sp³-hybridized carbons (Fsp3) is 0.333. The van der Waals surface area contributed by atoms with Crippen molar-refractivity contribution < 1.29 is 0 Å². The molecule has 4 nitrogen and oxygen atoms in total. The Hall–Kier alpha value is -1.40. The molecule has 1 N–H and O–H groups in total. The number of benzene rings is 1. The van der Waals surface area contributed by atoms with Crippen molar-refractivity contribution in [3.05, 3.63) is 45.7 Å². The first-order chi connectivity index (χ1) is 9.88. The number of nitrogens with one attached hydrogen (secondary N) is 1. The summed E-state index contributed by atoms with van der Waals surface area (Å²) in [5.74, 6) is 0. The molecule has 1 aromatic heterocycles. The average molecular weight is 367 g/mol. The van der Waals surface area contributed by atoms with Gasteiger partial charge >= 0.3 is 0 Å². The largest absolute Gasteiger partial charge is 0.346 e. The Balaban J connectivity index is 2.06. The van der Waals surface area contributed by atoms with E-state index in [4.69, 9.17) is 12.2 Å². The van der Waals surface area contributed by atoms with Crippen molar-refractivity contribution >= 4 is 38.9 Å². The third-order valence-electron chi connectivity index (χ3n) is 3.37. The van der Waals surface area contributed by atoms with Gasteiger partial charge in [0.15, 0.2) is 5.11 Å². The molecule has 1 aromatic carbocycles. The molecule has 0 spiro atoms. The summed E-state index contributed by atoms with van der Waals surface area (Å²) in [6.07, 6.45) is 1.80. The van der Waals surface area contributed by atoms with E-state index >= 15 is 0 Å². The average Bonchev–Trinajstić information content (AvgIpc) is 2.73. The quantitative estimate of drug-likeness (QED) is 0.840. The van der Waals surface area contributed by atoms with E-state index < -0.39 is 0 Å². The van der Waals surface area contributed by atoms with Gasteiger partial charge in [0.2, 0.25) is 0 Å². The summed E-state index contributed by atoms with van der Waals surface area (Å²) in [6.45, 7) is 4.85. The highest BCUT2D eigenvalue weighted by Gasteiger charge is 2.12. The van der Waals surface area contributed by atoms with E-state index in [0.29, 0.717) is 11.7 Å². The van der Waals surface area contributed by atoms with Gasteiger partial charge < -0.3 is 10.2 Å². The summed E-state index contributed by atoms with van der Waals surface area (Å²) in [5.41, 5.74) is 4.56. The molecule has 0 amide bonds. The van der Waals surface area contributed by atoms with Crippen LogP contribution in [-0.2, 0) is 13.6 Å². The lowest BCUT2D eigenvalue weighted by molar-refractivity contribution is 0.481. The SMILES string of the molecule is Cc1ccc(NC(=S)N(C)Cc2c(Br)cnn2C)c(C)c1. The summed E-state index contributed by atoms with van der Waals surface area (Å²) < 4.78 is 2.84. The second-order valence-electron chi connectivity index (χ2n) is 5.17. The van der Waals surface area contributed by atoms with E-state index in [-0.39, 0.29) is 0 Å². The number of hydrogen-bond acceptors (Lipinski definition) is 2. The van der Waals surface area contributed by atoms with Crippen LogP contribution in [0, 0.1) is 13.8 Å². The number of thiocarbonyl (C=S) groups is 1. The molecule has 21 heavy (non-hydrogen) atoms. The smallest absolute Gasteiger partial charge is 0.173 e. The maximum Gasteiger partial charge on any atom is 0.173 e. The molecule has 0 radical (unpaired) electrons. The van der Waals surface area contributed by atoms with Crippen LogP contribution in [0.25, 0.3) is 0 Å². The monoisotopic (exact) mass is 366 g/mol. The summed E-state index contributed by atoms with van der Waals surface area (Å²) in [6, 6.07) is 6.28. The summed E-state index contributed by atoms with van der Waals surface area (Å²) in [7, 11) is 3.90. The second kappa shape index (κ2) is 6.58. The molecule has 2 aromatic rings. The molecule has 0 aliphatic heterocycles. The first-order valence-corrected chi connectivity index (χ1v) is 7.84. The van der Waals surface area contributed by atoms with Gasteiger partial charge in [-0.3, -0.25) is 4.68 Å². The van der Waals surface area contributed by atoms with Gasteiger partial charge in [-0.2, -0.15) is 5.10 Å². The Bertz CT molecular complexity index is 646. The van der Waals surface area contributed by atoms with Gasteiger partial charge in [0.1, 0.15) is 0 Å². The molecule has 0 saturated carbocycles. The van der Waals surface area contributed by atoms with E-state index in [1.54, 1.807) is 6.20 Å². The van der Waals surface area contributed by atoms with Gasteiger partial charge in [-0.15, -0.1) is 0 Å². The van der Waals surface area contributed by atoms with E-state index in [1.165, 1.54) is 11.1 Å². The zero-order valence-corrected chi connectivity index (χ0v) is 15.0. The van der Waals surface area contributed by atoms with Crippen molar-refractivity contribution in [2.45, 2.75) is 20.4 Å². The van der Waals surface area contributed by atoms with E-state index in [9.17, 15) is 0 Å². The maximum absolute atomic E-state index is 5.48. The molecule has 0 atom stereocenters. The van der Waals surface area contributed by atoms with Crippen LogP contribution >= 0.6 is 28.1 Å². The number of anilines is 1. The first-order valence-electron chi connectivity index (χ1n) is 6.64. The fourth-order valence-electron chi connectivity index (χ4n) is 2.07. The summed E-state index contributed by atoms with van der Waals surface area (Å²) in [4.78, 5) is 2.00. The highest BCUT2D eigenvalue weighted by atomic mass is 79.9. The molecule has 0 unspecified atom stereocenters. The zero-order valence-electron chi connectivity index (χ0n) is 12.6. The third kappa shape index (κ3) is 3.83. The Kier molecular flexibility index (Phi) is 5.00. The van der Waals surface area contributed by atoms with Crippen LogP contribution < -0.4 is 5.32 Å². The molecule has 0 fully saturated rings. The normalized spacial score (nSPS) is 10.5. The minimum Gasteiger partial charge on any atom is -0.346 e. The Morgan fingerprint density at radius 3 is 2.71 bits per heavy atom. The number of halogens is 1. The molecule has 0 bridgehead atoms. The Morgan fingerprint density at radius 2 is 2.14 bits per heavy atom. The number of nitrogens with zero attached hydrogens (tertiary/aromatic N) is 3. The van der Waals surface area contributed by atoms with Crippen LogP contribution in [-0.4, -0.2) is 26.8 Å². The molecule has 0 aliphatic carbocycles. The number of aromatic nitrogens is 2. The van der Waals surface area contributed by atoms with Crippen molar-refractivity contribution in [3.63, 3.8) is 0 Å². The minimum atomic E-state index is 0.688. The van der Waals surface area contributed by atoms with Crippen molar-refractivity contribution in [1.29, 1.82) is 0 Å². The van der Waals surface area contributed by atoms with Gasteiger partial charge in [0.25, 0.3) is 0 Å². The highest BCUT2D eigenvalue weighted by Crippen LogP contribution is 2.19. The molecule has 0 aliphatic rings. The highest BCUT2D eigenvalue weighted by molar-refractivity contribution is 9.10. The van der Waals surface area contributed by atoms with E-state index in [0.717, 1.165) is 15.9 Å². The molecular formula is C15H19BrN4S. The molecule has 0 saturated heterocycles. The van der Waals surface area contributed by atoms with Crippen molar-refractivity contribution in [2.24, 2.45) is 7.05 Å². The summed E-state index contributed by atoms with van der Waals surface area (Å²) in [5, 5.41) is 8.21. The predicted molar refractivity (Wildman–Crippen MR) is 94.5 cm³/mol. The van der Waals surface area contributed by atoms with Gasteiger partial charge in [0.05, 0.1) is 22.9 Å². The number of hydrogen-bond donors (Lipinski definition) is 1. The molecule has 6 heteroatoms. The predicted octanol–water partition coefficient (Wildman–Crippen LogP) is 3.63. The number of aryl methyl sites for hydroxylation is 3. The Morgan fingerprint density at radius 1 is 1.43 bits per heavy atom. The molecule has 112 valence electrons. The van der Waals surface area contributed by atoms with Gasteiger partial charge in [-0.25, -0.2) is 0 Å². The van der Waals surface area contributed by atoms with Crippen LogP contribution in [0.3, 0.4) is 0 Å². The van der Waals surface area contributed by atoms with Crippen molar-refractivity contribution in [3.8, 4) is 0 Å². The Labute approximate surface area is 139 Å². The van der Waals surface area contributed by atoms with Crippen LogP contribution in [0.1, 0.15) is 16.8 Å². The standard InChI is InChI=1S/C15H19BrN4S/c1-10-5-6-13(11(2)7-10)18-15(21)19(3)9-14-12(16)8-17-20(14)4/h5-8H,9H2,1-4H3,(H,18,21). The molecule has 1 heterocycles. The van der Waals surface area contributed by atoms with E-state index in [1.807, 2.05) is 23.7 Å². The van der Waals surface area contributed by atoms with Crippen LogP contribution in [0.2, 0.25) is 0 Å². The minimum absolute atomic E-state index is 0.688. The zero-order chi connectivity index (χ0) is 15.6. The van der Waals surface area contributed by atoms with Gasteiger partial charge in [0, 0.05) is 19.8 Å². The molecule has 2 rings (SSSR count). The third-order valence-corrected chi connectivity index (χ3v) is 4.44. The maximum atomic E-state index is 5.48. The lowest BCUT2D eigenvalue weighted by Gasteiger charge is -2.22. The van der Waals surface area contributed by atoms with Crippen LogP contribution in [0.5, 0.6) is 0 Å².